The van der Waals surface area contributed by atoms with Gasteiger partial charge in [-0.2, -0.15) is 0 Å². The molecule has 21 heavy (non-hydrogen) atoms. The fourth-order valence-electron chi connectivity index (χ4n) is 3.12. The van der Waals surface area contributed by atoms with Crippen molar-refractivity contribution >= 4 is 11.9 Å². The molecule has 122 valence electrons. The minimum atomic E-state index is -0.774. The number of carbonyl (C=O) groups excluding carboxylic acids is 1. The summed E-state index contributed by atoms with van der Waals surface area (Å²) >= 11 is 0. The van der Waals surface area contributed by atoms with Crippen molar-refractivity contribution in [3.63, 3.8) is 0 Å². The third-order valence-corrected chi connectivity index (χ3v) is 4.50. The summed E-state index contributed by atoms with van der Waals surface area (Å²) < 4.78 is 0. The molecule has 0 aromatic heterocycles. The molecule has 1 saturated carbocycles. The number of amides is 1. The van der Waals surface area contributed by atoms with Gasteiger partial charge < -0.3 is 10.4 Å². The van der Waals surface area contributed by atoms with E-state index in [0.29, 0.717) is 12.5 Å². The predicted molar refractivity (Wildman–Crippen MR) is 83.2 cm³/mol. The maximum atomic E-state index is 12.0. The highest BCUT2D eigenvalue weighted by Gasteiger charge is 2.38. The summed E-state index contributed by atoms with van der Waals surface area (Å²) in [6.45, 7) is 5.23. The maximum absolute atomic E-state index is 12.0. The number of nitrogens with one attached hydrogen (secondary N) is 1. The lowest BCUT2D eigenvalue weighted by Crippen LogP contribution is -2.52. The molecule has 1 aliphatic carbocycles. The molecule has 0 spiro atoms. The summed E-state index contributed by atoms with van der Waals surface area (Å²) in [5, 5.41) is 12.1. The standard InChI is InChI=1S/C16H30N2O3/c1-13(2)7-10-17-14(19)12-18(3)16(11-15(20)21)8-5-4-6-9-16/h13H,4-12H2,1-3H3,(H,17,19)(H,20,21). The normalized spacial score (nSPS) is 18.0. The topological polar surface area (TPSA) is 69.6 Å². The molecule has 2 N–H and O–H groups in total. The molecule has 1 amide bonds. The SMILES string of the molecule is CC(C)CCNC(=O)CN(C)C1(CC(=O)O)CCCCC1. The van der Waals surface area contributed by atoms with E-state index in [4.69, 9.17) is 0 Å². The van der Waals surface area contributed by atoms with Crippen molar-refractivity contribution in [1.82, 2.24) is 10.2 Å². The lowest BCUT2D eigenvalue weighted by Gasteiger charge is -2.43. The number of likely N-dealkylation sites (N-methyl/N-ethyl adjacent to an activating group) is 1. The number of hydrogen-bond acceptors (Lipinski definition) is 3. The number of hydrogen-bond donors (Lipinski definition) is 2. The zero-order valence-corrected chi connectivity index (χ0v) is 13.7. The predicted octanol–water partition coefficient (Wildman–Crippen LogP) is 2.26. The summed E-state index contributed by atoms with van der Waals surface area (Å²) in [6, 6.07) is 0. The van der Waals surface area contributed by atoms with E-state index >= 15 is 0 Å². The first-order valence-electron chi connectivity index (χ1n) is 8.05. The first-order chi connectivity index (χ1) is 9.85. The summed E-state index contributed by atoms with van der Waals surface area (Å²) in [4.78, 5) is 25.2. The van der Waals surface area contributed by atoms with Gasteiger partial charge in [0, 0.05) is 12.1 Å². The Morgan fingerprint density at radius 2 is 1.86 bits per heavy atom. The average molecular weight is 298 g/mol. The second kappa shape index (κ2) is 8.37. The van der Waals surface area contributed by atoms with Gasteiger partial charge in [0.05, 0.1) is 13.0 Å². The van der Waals surface area contributed by atoms with Crippen LogP contribution in [0.3, 0.4) is 0 Å². The van der Waals surface area contributed by atoms with Crippen molar-refractivity contribution in [2.24, 2.45) is 5.92 Å². The van der Waals surface area contributed by atoms with E-state index in [9.17, 15) is 14.7 Å². The van der Waals surface area contributed by atoms with Crippen molar-refractivity contribution in [1.29, 1.82) is 0 Å². The van der Waals surface area contributed by atoms with E-state index in [1.54, 1.807) is 0 Å². The molecule has 1 rings (SSSR count). The molecule has 0 radical (unpaired) electrons. The van der Waals surface area contributed by atoms with Crippen LogP contribution in [-0.2, 0) is 9.59 Å². The Labute approximate surface area is 128 Å². The van der Waals surface area contributed by atoms with E-state index in [1.807, 2.05) is 11.9 Å². The van der Waals surface area contributed by atoms with E-state index in [1.165, 1.54) is 0 Å². The molecule has 0 unspecified atom stereocenters. The molecular formula is C16H30N2O3. The first kappa shape index (κ1) is 18.0. The Kier molecular flexibility index (Phi) is 7.15. The zero-order chi connectivity index (χ0) is 15.9. The average Bonchev–Trinajstić information content (AvgIpc) is 2.38. The van der Waals surface area contributed by atoms with Gasteiger partial charge in [-0.05, 0) is 32.2 Å². The van der Waals surface area contributed by atoms with E-state index in [-0.39, 0.29) is 24.4 Å². The second-order valence-electron chi connectivity index (χ2n) is 6.74. The van der Waals surface area contributed by atoms with Crippen molar-refractivity contribution in [3.8, 4) is 0 Å². The van der Waals surface area contributed by atoms with Crippen LogP contribution in [0.2, 0.25) is 0 Å². The summed E-state index contributed by atoms with van der Waals surface area (Å²) in [7, 11) is 1.89. The van der Waals surface area contributed by atoms with E-state index in [0.717, 1.165) is 38.5 Å². The van der Waals surface area contributed by atoms with Crippen molar-refractivity contribution in [2.75, 3.05) is 20.1 Å². The minimum absolute atomic E-state index is 0.00603. The van der Waals surface area contributed by atoms with Gasteiger partial charge in [0.2, 0.25) is 5.91 Å². The fourth-order valence-corrected chi connectivity index (χ4v) is 3.12. The molecule has 0 heterocycles. The van der Waals surface area contributed by atoms with Crippen LogP contribution in [0, 0.1) is 5.92 Å². The highest BCUT2D eigenvalue weighted by atomic mass is 16.4. The van der Waals surface area contributed by atoms with Crippen LogP contribution in [-0.4, -0.2) is 47.6 Å². The molecule has 0 aromatic carbocycles. The Balaban J connectivity index is 2.53. The third-order valence-electron chi connectivity index (χ3n) is 4.50. The van der Waals surface area contributed by atoms with E-state index < -0.39 is 5.97 Å². The highest BCUT2D eigenvalue weighted by Crippen LogP contribution is 2.35. The number of aliphatic carboxylic acids is 1. The number of carbonyl (C=O) groups is 2. The smallest absolute Gasteiger partial charge is 0.305 e. The molecular weight excluding hydrogens is 268 g/mol. The largest absolute Gasteiger partial charge is 0.481 e. The zero-order valence-electron chi connectivity index (χ0n) is 13.7. The monoisotopic (exact) mass is 298 g/mol. The number of carboxylic acid groups (broad SMARTS) is 1. The van der Waals surface area contributed by atoms with Crippen LogP contribution in [0.5, 0.6) is 0 Å². The van der Waals surface area contributed by atoms with Crippen LogP contribution in [0.1, 0.15) is 58.8 Å². The molecule has 0 bridgehead atoms. The minimum Gasteiger partial charge on any atom is -0.481 e. The van der Waals surface area contributed by atoms with Gasteiger partial charge in [-0.15, -0.1) is 0 Å². The number of rotatable bonds is 8. The van der Waals surface area contributed by atoms with Crippen LogP contribution in [0.4, 0.5) is 0 Å². The van der Waals surface area contributed by atoms with Gasteiger partial charge >= 0.3 is 5.97 Å². The molecule has 0 aromatic rings. The van der Waals surface area contributed by atoms with Crippen molar-refractivity contribution in [2.45, 2.75) is 64.3 Å². The first-order valence-corrected chi connectivity index (χ1v) is 8.05. The second-order valence-corrected chi connectivity index (χ2v) is 6.74. The molecule has 5 nitrogen and oxygen atoms in total. The molecule has 1 fully saturated rings. The van der Waals surface area contributed by atoms with E-state index in [2.05, 4.69) is 19.2 Å². The van der Waals surface area contributed by atoms with Crippen LogP contribution in [0.15, 0.2) is 0 Å². The highest BCUT2D eigenvalue weighted by molar-refractivity contribution is 5.78. The third kappa shape index (κ3) is 6.04. The Bertz CT molecular complexity index is 349. The molecule has 0 atom stereocenters. The quantitative estimate of drug-likeness (QED) is 0.721. The number of carboxylic acids is 1. The molecule has 0 aliphatic heterocycles. The Morgan fingerprint density at radius 1 is 1.24 bits per heavy atom. The summed E-state index contributed by atoms with van der Waals surface area (Å²) in [6.07, 6.45) is 6.09. The Morgan fingerprint density at radius 3 is 2.38 bits per heavy atom. The lowest BCUT2D eigenvalue weighted by molar-refractivity contribution is -0.142. The fraction of sp³-hybridized carbons (Fsp3) is 0.875. The van der Waals surface area contributed by atoms with Gasteiger partial charge in [0.25, 0.3) is 0 Å². The van der Waals surface area contributed by atoms with Crippen LogP contribution < -0.4 is 5.32 Å². The van der Waals surface area contributed by atoms with Gasteiger partial charge in [-0.1, -0.05) is 33.1 Å². The maximum Gasteiger partial charge on any atom is 0.305 e. The molecule has 1 aliphatic rings. The Hall–Kier alpha value is -1.10. The van der Waals surface area contributed by atoms with Gasteiger partial charge in [-0.3, -0.25) is 14.5 Å². The van der Waals surface area contributed by atoms with Gasteiger partial charge in [-0.25, -0.2) is 0 Å². The number of nitrogens with zero attached hydrogens (tertiary/aromatic N) is 1. The van der Waals surface area contributed by atoms with Crippen molar-refractivity contribution < 1.29 is 14.7 Å². The van der Waals surface area contributed by atoms with Crippen LogP contribution in [0.25, 0.3) is 0 Å². The van der Waals surface area contributed by atoms with Crippen LogP contribution >= 0.6 is 0 Å². The van der Waals surface area contributed by atoms with Gasteiger partial charge in [0.1, 0.15) is 0 Å². The summed E-state index contributed by atoms with van der Waals surface area (Å²) in [5.74, 6) is -0.211. The van der Waals surface area contributed by atoms with Crippen molar-refractivity contribution in [3.05, 3.63) is 0 Å². The summed E-state index contributed by atoms with van der Waals surface area (Å²) in [5.41, 5.74) is -0.348. The molecule has 5 heteroatoms. The van der Waals surface area contributed by atoms with Gasteiger partial charge in [0.15, 0.2) is 0 Å². The molecule has 0 saturated heterocycles. The lowest BCUT2D eigenvalue weighted by atomic mass is 9.78.